The molecule has 0 spiro atoms. The monoisotopic (exact) mass is 361 g/mol. The molecular formula is C16H15ClF3NO3. The third-order valence-corrected chi connectivity index (χ3v) is 3.73. The SMILES string of the molecule is CCOC1C=CC=C(O)C1C(=O)Nc1ccc(Cl)c(C(F)(F)F)c1. The van der Waals surface area contributed by atoms with Gasteiger partial charge in [-0.15, -0.1) is 0 Å². The van der Waals surface area contributed by atoms with E-state index in [9.17, 15) is 23.1 Å². The molecule has 0 heterocycles. The number of carbonyl (C=O) groups is 1. The summed E-state index contributed by atoms with van der Waals surface area (Å²) >= 11 is 5.54. The minimum absolute atomic E-state index is 0.0747. The third kappa shape index (κ3) is 4.10. The first-order chi connectivity index (χ1) is 11.2. The van der Waals surface area contributed by atoms with Crippen LogP contribution in [-0.4, -0.2) is 23.7 Å². The van der Waals surface area contributed by atoms with E-state index in [0.29, 0.717) is 6.61 Å². The van der Waals surface area contributed by atoms with E-state index in [4.69, 9.17) is 16.3 Å². The fraction of sp³-hybridized carbons (Fsp3) is 0.312. The summed E-state index contributed by atoms with van der Waals surface area (Å²) in [6, 6.07) is 3.05. The Hall–Kier alpha value is -1.99. The van der Waals surface area contributed by atoms with Crippen molar-refractivity contribution in [3.8, 4) is 0 Å². The average molecular weight is 362 g/mol. The number of rotatable bonds is 4. The number of alkyl halides is 3. The van der Waals surface area contributed by atoms with Crippen molar-refractivity contribution < 1.29 is 27.8 Å². The Balaban J connectivity index is 2.23. The van der Waals surface area contributed by atoms with Crippen LogP contribution in [0.1, 0.15) is 12.5 Å². The van der Waals surface area contributed by atoms with Crippen molar-refractivity contribution in [3.63, 3.8) is 0 Å². The lowest BCUT2D eigenvalue weighted by atomic mass is 9.94. The van der Waals surface area contributed by atoms with Gasteiger partial charge in [-0.25, -0.2) is 0 Å². The zero-order valence-electron chi connectivity index (χ0n) is 12.6. The molecule has 1 amide bonds. The van der Waals surface area contributed by atoms with Crippen LogP contribution in [0.3, 0.4) is 0 Å². The summed E-state index contributed by atoms with van der Waals surface area (Å²) in [7, 11) is 0. The highest BCUT2D eigenvalue weighted by Gasteiger charge is 2.35. The van der Waals surface area contributed by atoms with E-state index in [-0.39, 0.29) is 11.4 Å². The first-order valence-corrected chi connectivity index (χ1v) is 7.48. The molecule has 8 heteroatoms. The maximum absolute atomic E-state index is 12.9. The van der Waals surface area contributed by atoms with Gasteiger partial charge >= 0.3 is 6.18 Å². The molecule has 0 fully saturated rings. The fourth-order valence-corrected chi connectivity index (χ4v) is 2.54. The van der Waals surface area contributed by atoms with Crippen molar-refractivity contribution in [2.75, 3.05) is 11.9 Å². The molecule has 1 aromatic carbocycles. The molecule has 2 rings (SSSR count). The summed E-state index contributed by atoms with van der Waals surface area (Å²) < 4.78 is 44.0. The third-order valence-electron chi connectivity index (χ3n) is 3.40. The van der Waals surface area contributed by atoms with Crippen molar-refractivity contribution in [2.24, 2.45) is 5.92 Å². The highest BCUT2D eigenvalue weighted by molar-refractivity contribution is 6.31. The van der Waals surface area contributed by atoms with Crippen LogP contribution in [0.15, 0.2) is 42.2 Å². The molecule has 2 N–H and O–H groups in total. The number of allylic oxidation sites excluding steroid dienone is 2. The Morgan fingerprint density at radius 1 is 1.42 bits per heavy atom. The number of benzene rings is 1. The highest BCUT2D eigenvalue weighted by atomic mass is 35.5. The van der Waals surface area contributed by atoms with Crippen molar-refractivity contribution in [1.29, 1.82) is 0 Å². The second-order valence-electron chi connectivity index (χ2n) is 5.06. The van der Waals surface area contributed by atoms with E-state index in [1.807, 2.05) is 0 Å². The van der Waals surface area contributed by atoms with Gasteiger partial charge in [0.1, 0.15) is 11.7 Å². The predicted molar refractivity (Wildman–Crippen MR) is 83.8 cm³/mol. The van der Waals surface area contributed by atoms with Crippen LogP contribution in [-0.2, 0) is 15.7 Å². The lowest BCUT2D eigenvalue weighted by Crippen LogP contribution is -2.36. The topological polar surface area (TPSA) is 58.6 Å². The molecule has 2 atom stereocenters. The van der Waals surface area contributed by atoms with Gasteiger partial charge in [0.05, 0.1) is 16.7 Å². The van der Waals surface area contributed by atoms with E-state index < -0.39 is 34.7 Å². The van der Waals surface area contributed by atoms with E-state index in [1.54, 1.807) is 19.1 Å². The Kier molecular flexibility index (Phi) is 5.56. The lowest BCUT2D eigenvalue weighted by molar-refractivity contribution is -0.137. The van der Waals surface area contributed by atoms with Crippen molar-refractivity contribution in [2.45, 2.75) is 19.2 Å². The first kappa shape index (κ1) is 18.4. The van der Waals surface area contributed by atoms with Gasteiger partial charge in [-0.1, -0.05) is 23.8 Å². The molecule has 1 aromatic rings. The molecule has 4 nitrogen and oxygen atoms in total. The number of anilines is 1. The second kappa shape index (κ2) is 7.27. The summed E-state index contributed by atoms with van der Waals surface area (Å²) in [6.45, 7) is 2.04. The number of hydrogen-bond acceptors (Lipinski definition) is 3. The Morgan fingerprint density at radius 3 is 2.75 bits per heavy atom. The van der Waals surface area contributed by atoms with Gasteiger partial charge in [0.15, 0.2) is 0 Å². The maximum atomic E-state index is 12.9. The molecule has 130 valence electrons. The lowest BCUT2D eigenvalue weighted by Gasteiger charge is -2.25. The molecule has 0 radical (unpaired) electrons. The Labute approximate surface area is 141 Å². The van der Waals surface area contributed by atoms with Crippen LogP contribution in [0.2, 0.25) is 5.02 Å². The number of carbonyl (C=O) groups excluding carboxylic acids is 1. The Morgan fingerprint density at radius 2 is 2.12 bits per heavy atom. The standard InChI is InChI=1S/C16H15ClF3NO3/c1-2-24-13-5-3-4-12(22)14(13)15(23)21-9-6-7-11(17)10(8-9)16(18,19)20/h3-8,13-14,22H,2H2,1H3,(H,21,23). The van der Waals surface area contributed by atoms with Gasteiger partial charge in [0.25, 0.3) is 0 Å². The number of halogens is 4. The largest absolute Gasteiger partial charge is 0.511 e. The highest BCUT2D eigenvalue weighted by Crippen LogP contribution is 2.36. The van der Waals surface area contributed by atoms with E-state index in [1.165, 1.54) is 12.1 Å². The van der Waals surface area contributed by atoms with Crippen molar-refractivity contribution >= 4 is 23.2 Å². The predicted octanol–water partition coefficient (Wildman–Crippen LogP) is 4.33. The smallest absolute Gasteiger partial charge is 0.417 e. The molecule has 0 aromatic heterocycles. The van der Waals surface area contributed by atoms with Crippen LogP contribution >= 0.6 is 11.6 Å². The van der Waals surface area contributed by atoms with E-state index >= 15 is 0 Å². The van der Waals surface area contributed by atoms with Gasteiger partial charge in [0.2, 0.25) is 5.91 Å². The number of hydrogen-bond donors (Lipinski definition) is 2. The molecule has 1 aliphatic carbocycles. The minimum Gasteiger partial charge on any atom is -0.511 e. The van der Waals surface area contributed by atoms with Gasteiger partial charge in [-0.3, -0.25) is 4.79 Å². The van der Waals surface area contributed by atoms with Gasteiger partial charge in [-0.2, -0.15) is 13.2 Å². The van der Waals surface area contributed by atoms with Crippen LogP contribution in [0.5, 0.6) is 0 Å². The van der Waals surface area contributed by atoms with Gasteiger partial charge in [-0.05, 0) is 31.2 Å². The number of aliphatic hydroxyl groups is 1. The summed E-state index contributed by atoms with van der Waals surface area (Å²) in [4.78, 5) is 12.4. The second-order valence-corrected chi connectivity index (χ2v) is 5.46. The molecule has 0 saturated heterocycles. The van der Waals surface area contributed by atoms with E-state index in [2.05, 4.69) is 5.32 Å². The summed E-state index contributed by atoms with van der Waals surface area (Å²) in [5.41, 5.74) is -1.12. The van der Waals surface area contributed by atoms with Crippen molar-refractivity contribution in [1.82, 2.24) is 0 Å². The Bertz CT molecular complexity index is 686. The average Bonchev–Trinajstić information content (AvgIpc) is 2.48. The van der Waals surface area contributed by atoms with Gasteiger partial charge in [0, 0.05) is 12.3 Å². The molecule has 24 heavy (non-hydrogen) atoms. The van der Waals surface area contributed by atoms with Gasteiger partial charge < -0.3 is 15.2 Å². The molecular weight excluding hydrogens is 347 g/mol. The number of nitrogens with one attached hydrogen (secondary N) is 1. The number of amides is 1. The quantitative estimate of drug-likeness (QED) is 0.839. The molecule has 2 unspecified atom stereocenters. The van der Waals surface area contributed by atoms with Crippen LogP contribution in [0.4, 0.5) is 18.9 Å². The first-order valence-electron chi connectivity index (χ1n) is 7.10. The summed E-state index contributed by atoms with van der Waals surface area (Å²) in [6.07, 6.45) is -0.862. The normalized spacial score (nSPS) is 20.6. The summed E-state index contributed by atoms with van der Waals surface area (Å²) in [5, 5.41) is 11.8. The molecule has 0 aliphatic heterocycles. The summed E-state index contributed by atoms with van der Waals surface area (Å²) in [5.74, 6) is -1.94. The van der Waals surface area contributed by atoms with Crippen molar-refractivity contribution in [3.05, 3.63) is 52.8 Å². The van der Waals surface area contributed by atoms with E-state index in [0.717, 1.165) is 12.1 Å². The fourth-order valence-electron chi connectivity index (χ4n) is 2.31. The maximum Gasteiger partial charge on any atom is 0.417 e. The number of aliphatic hydroxyl groups excluding tert-OH is 1. The minimum atomic E-state index is -4.64. The zero-order chi connectivity index (χ0) is 17.9. The number of ether oxygens (including phenoxy) is 1. The molecule has 0 bridgehead atoms. The molecule has 0 saturated carbocycles. The molecule has 1 aliphatic rings. The van der Waals surface area contributed by atoms with Crippen LogP contribution in [0.25, 0.3) is 0 Å². The van der Waals surface area contributed by atoms with Crippen LogP contribution < -0.4 is 5.32 Å². The van der Waals surface area contributed by atoms with Crippen LogP contribution in [0, 0.1) is 5.92 Å². The zero-order valence-corrected chi connectivity index (χ0v) is 13.4.